The van der Waals surface area contributed by atoms with Crippen molar-refractivity contribution in [3.63, 3.8) is 0 Å². The zero-order chi connectivity index (χ0) is 14.8. The van der Waals surface area contributed by atoms with E-state index in [1.165, 1.54) is 17.8 Å². The van der Waals surface area contributed by atoms with Gasteiger partial charge in [-0.25, -0.2) is 4.98 Å². The second kappa shape index (κ2) is 6.43. The summed E-state index contributed by atoms with van der Waals surface area (Å²) >= 11 is 1.24. The van der Waals surface area contributed by atoms with Gasteiger partial charge in [-0.1, -0.05) is 33.1 Å². The Kier molecular flexibility index (Phi) is 5.07. The van der Waals surface area contributed by atoms with Crippen molar-refractivity contribution in [1.29, 1.82) is 0 Å². The van der Waals surface area contributed by atoms with E-state index in [1.807, 2.05) is 13.8 Å². The van der Waals surface area contributed by atoms with Crippen molar-refractivity contribution in [3.8, 4) is 0 Å². The molecule has 6 heteroatoms. The normalized spacial score (nSPS) is 17.9. The van der Waals surface area contributed by atoms with Crippen molar-refractivity contribution in [2.24, 2.45) is 0 Å². The average Bonchev–Trinajstić information content (AvgIpc) is 2.81. The highest BCUT2D eigenvalue weighted by Gasteiger charge is 2.38. The predicted octanol–water partition coefficient (Wildman–Crippen LogP) is 4.71. The highest BCUT2D eigenvalue weighted by atomic mass is 32.1. The topological polar surface area (TPSA) is 24.9 Å². The zero-order valence-electron chi connectivity index (χ0n) is 11.9. The van der Waals surface area contributed by atoms with E-state index in [1.54, 1.807) is 0 Å². The number of nitrogens with zero attached hydrogens (tertiary/aromatic N) is 1. The summed E-state index contributed by atoms with van der Waals surface area (Å²) in [5.41, 5.74) is -0.684. The lowest BCUT2D eigenvalue weighted by atomic mass is 9.90. The van der Waals surface area contributed by atoms with Crippen LogP contribution in [0.5, 0.6) is 0 Å². The van der Waals surface area contributed by atoms with E-state index in [2.05, 4.69) is 10.3 Å². The summed E-state index contributed by atoms with van der Waals surface area (Å²) in [7, 11) is 0. The van der Waals surface area contributed by atoms with Crippen LogP contribution < -0.4 is 5.32 Å². The molecule has 1 aliphatic carbocycles. The Bertz CT molecular complexity index is 434. The Morgan fingerprint density at radius 3 is 2.45 bits per heavy atom. The van der Waals surface area contributed by atoms with Crippen LogP contribution in [-0.2, 0) is 12.7 Å². The van der Waals surface area contributed by atoms with Gasteiger partial charge in [-0.3, -0.25) is 0 Å². The first-order valence-electron chi connectivity index (χ1n) is 7.18. The smallest absolute Gasteiger partial charge is 0.310 e. The zero-order valence-corrected chi connectivity index (χ0v) is 12.7. The number of alkyl halides is 3. The van der Waals surface area contributed by atoms with Crippen LogP contribution in [0.1, 0.15) is 67.4 Å². The lowest BCUT2D eigenvalue weighted by molar-refractivity contribution is -0.141. The quantitative estimate of drug-likeness (QED) is 0.871. The molecule has 0 saturated heterocycles. The minimum Gasteiger partial charge on any atom is -0.310 e. The van der Waals surface area contributed by atoms with Gasteiger partial charge in [0.1, 0.15) is 0 Å². The molecule has 0 spiro atoms. The summed E-state index contributed by atoms with van der Waals surface area (Å²) in [6.45, 7) is 4.10. The second-order valence-electron chi connectivity index (χ2n) is 5.69. The first kappa shape index (κ1) is 15.8. The van der Waals surface area contributed by atoms with Crippen LogP contribution in [0.4, 0.5) is 13.2 Å². The summed E-state index contributed by atoms with van der Waals surface area (Å²) in [5.74, 6) is 0.225. The molecule has 0 aromatic carbocycles. The third-order valence-electron chi connectivity index (χ3n) is 3.61. The van der Waals surface area contributed by atoms with Crippen molar-refractivity contribution >= 4 is 11.3 Å². The molecule has 1 aromatic rings. The number of nitrogens with one attached hydrogen (secondary N) is 1. The molecule has 2 nitrogen and oxygen atoms in total. The van der Waals surface area contributed by atoms with Crippen LogP contribution in [0.3, 0.4) is 0 Å². The summed E-state index contributed by atoms with van der Waals surface area (Å²) in [5, 5.41) is 3.74. The van der Waals surface area contributed by atoms with Gasteiger partial charge in [0.2, 0.25) is 0 Å². The van der Waals surface area contributed by atoms with Crippen LogP contribution in [-0.4, -0.2) is 11.0 Å². The third-order valence-corrected chi connectivity index (χ3v) is 4.83. The number of hydrogen-bond acceptors (Lipinski definition) is 3. The van der Waals surface area contributed by atoms with Crippen molar-refractivity contribution < 1.29 is 13.2 Å². The molecule has 1 aromatic heterocycles. The molecule has 114 valence electrons. The van der Waals surface area contributed by atoms with Crippen molar-refractivity contribution in [3.05, 3.63) is 15.6 Å². The van der Waals surface area contributed by atoms with Crippen molar-refractivity contribution in [2.75, 3.05) is 0 Å². The molecular formula is C14H21F3N2S. The summed E-state index contributed by atoms with van der Waals surface area (Å²) in [4.78, 5) is 4.26. The monoisotopic (exact) mass is 306 g/mol. The molecular weight excluding hydrogens is 285 g/mol. The highest BCUT2D eigenvalue weighted by Crippen LogP contribution is 2.40. The molecule has 0 aliphatic heterocycles. The molecule has 2 rings (SSSR count). The Labute approximate surface area is 121 Å². The SMILES string of the molecule is CC(C)NCc1sc(C2CCCCC2)nc1C(F)(F)F. The molecule has 0 atom stereocenters. The van der Waals surface area contributed by atoms with Gasteiger partial charge in [-0.15, -0.1) is 11.3 Å². The number of halogens is 3. The number of rotatable bonds is 4. The van der Waals surface area contributed by atoms with Gasteiger partial charge in [0.05, 0.1) is 9.88 Å². The minimum absolute atomic E-state index is 0.163. The fraction of sp³-hybridized carbons (Fsp3) is 0.786. The largest absolute Gasteiger partial charge is 0.434 e. The fourth-order valence-corrected chi connectivity index (χ4v) is 3.74. The average molecular weight is 306 g/mol. The van der Waals surface area contributed by atoms with E-state index >= 15 is 0 Å². The summed E-state index contributed by atoms with van der Waals surface area (Å²) < 4.78 is 39.2. The highest BCUT2D eigenvalue weighted by molar-refractivity contribution is 7.11. The predicted molar refractivity (Wildman–Crippen MR) is 74.9 cm³/mol. The van der Waals surface area contributed by atoms with Gasteiger partial charge in [-0.2, -0.15) is 13.2 Å². The molecule has 0 bridgehead atoms. The summed E-state index contributed by atoms with van der Waals surface area (Å²) in [6.07, 6.45) is 0.993. The Morgan fingerprint density at radius 2 is 1.90 bits per heavy atom. The van der Waals surface area contributed by atoms with E-state index in [4.69, 9.17) is 0 Å². The minimum atomic E-state index is -4.35. The van der Waals surface area contributed by atoms with Gasteiger partial charge < -0.3 is 5.32 Å². The maximum atomic E-state index is 13.1. The van der Waals surface area contributed by atoms with E-state index in [0.29, 0.717) is 9.88 Å². The third kappa shape index (κ3) is 3.95. The number of hydrogen-bond donors (Lipinski definition) is 1. The van der Waals surface area contributed by atoms with Gasteiger partial charge in [-0.05, 0) is 12.8 Å². The van der Waals surface area contributed by atoms with E-state index in [-0.39, 0.29) is 18.5 Å². The van der Waals surface area contributed by atoms with Gasteiger partial charge in [0.15, 0.2) is 5.69 Å². The first-order valence-corrected chi connectivity index (χ1v) is 7.99. The number of thiazole rings is 1. The fourth-order valence-electron chi connectivity index (χ4n) is 2.53. The molecule has 0 unspecified atom stereocenters. The van der Waals surface area contributed by atoms with Gasteiger partial charge in [0.25, 0.3) is 0 Å². The van der Waals surface area contributed by atoms with Crippen LogP contribution in [0, 0.1) is 0 Å². The second-order valence-corrected chi connectivity index (χ2v) is 6.81. The lowest BCUT2D eigenvalue weighted by Crippen LogP contribution is -2.23. The molecule has 1 fully saturated rings. The summed E-state index contributed by atoms with van der Waals surface area (Å²) in [6, 6.07) is 0.163. The Balaban J connectivity index is 2.21. The molecule has 0 radical (unpaired) electrons. The molecule has 0 amide bonds. The lowest BCUT2D eigenvalue weighted by Gasteiger charge is -2.18. The maximum Gasteiger partial charge on any atom is 0.434 e. The molecule has 1 heterocycles. The molecule has 1 aliphatic rings. The Hall–Kier alpha value is -0.620. The standard InChI is InChI=1S/C14H21F3N2S/c1-9(2)18-8-11-12(14(15,16)17)19-13(20-11)10-6-4-3-5-7-10/h9-10,18H,3-8H2,1-2H3. The van der Waals surface area contributed by atoms with Crippen LogP contribution in [0.25, 0.3) is 0 Å². The van der Waals surface area contributed by atoms with Crippen molar-refractivity contribution in [2.45, 2.75) is 70.6 Å². The maximum absolute atomic E-state index is 13.1. The van der Waals surface area contributed by atoms with E-state index in [9.17, 15) is 13.2 Å². The molecule has 1 N–H and O–H groups in total. The van der Waals surface area contributed by atoms with Gasteiger partial charge >= 0.3 is 6.18 Å². The molecule has 20 heavy (non-hydrogen) atoms. The first-order chi connectivity index (χ1) is 9.38. The Morgan fingerprint density at radius 1 is 1.25 bits per heavy atom. The van der Waals surface area contributed by atoms with E-state index in [0.717, 1.165) is 25.7 Å². The van der Waals surface area contributed by atoms with E-state index < -0.39 is 11.9 Å². The van der Waals surface area contributed by atoms with Crippen LogP contribution >= 0.6 is 11.3 Å². The van der Waals surface area contributed by atoms with Crippen LogP contribution in [0.15, 0.2) is 0 Å². The molecule has 1 saturated carbocycles. The van der Waals surface area contributed by atoms with Crippen LogP contribution in [0.2, 0.25) is 0 Å². The van der Waals surface area contributed by atoms with Gasteiger partial charge in [0, 0.05) is 18.5 Å². The number of aromatic nitrogens is 1. The van der Waals surface area contributed by atoms with Crippen molar-refractivity contribution in [1.82, 2.24) is 10.3 Å².